The summed E-state index contributed by atoms with van der Waals surface area (Å²) in [7, 11) is -14.9. The highest BCUT2D eigenvalue weighted by atomic mass is 127. The van der Waals surface area contributed by atoms with Crippen LogP contribution in [0, 0.1) is 14.1 Å². The van der Waals surface area contributed by atoms with Gasteiger partial charge in [-0.15, -0.1) is 0 Å². The Bertz CT molecular complexity index is 2560. The second kappa shape index (κ2) is 21.2. The summed E-state index contributed by atoms with van der Waals surface area (Å²) in [6.45, 7) is 2.21. The minimum atomic E-state index is -7.43. The number of hydrogen-bond donors (Lipinski definition) is 0. The summed E-state index contributed by atoms with van der Waals surface area (Å²) >= 11 is 1.70. The Morgan fingerprint density at radius 3 is 1.06 bits per heavy atom. The van der Waals surface area contributed by atoms with Crippen LogP contribution in [0.3, 0.4) is 0 Å². The molecule has 68 heavy (non-hydrogen) atoms. The van der Waals surface area contributed by atoms with E-state index in [9.17, 15) is 105 Å². The first-order valence-electron chi connectivity index (χ1n) is 17.5. The van der Waals surface area contributed by atoms with E-state index >= 15 is 0 Å². The van der Waals surface area contributed by atoms with Gasteiger partial charge in [0, 0.05) is 15.4 Å². The van der Waals surface area contributed by atoms with Crippen LogP contribution in [0.2, 0.25) is 0 Å². The van der Waals surface area contributed by atoms with Crippen LogP contribution < -0.4 is 21.2 Å². The zero-order chi connectivity index (χ0) is 52.2. The molecule has 0 fully saturated rings. The molecule has 0 N–H and O–H groups in total. The quantitative estimate of drug-likeness (QED) is 0.0500. The van der Waals surface area contributed by atoms with E-state index in [1.807, 2.05) is 11.8 Å². The molecule has 374 valence electrons. The third-order valence-electron chi connectivity index (χ3n) is 8.21. The summed E-state index contributed by atoms with van der Waals surface area (Å²) in [6.07, 6.45) is -14.3. The number of alkyl halides is 18. The Hall–Kier alpha value is -3.91. The van der Waals surface area contributed by atoms with Gasteiger partial charge in [-0.25, -0.2) is 16.8 Å². The average Bonchev–Trinajstić information content (AvgIpc) is 3.22. The third-order valence-corrected chi connectivity index (χ3v) is 16.4. The Labute approximate surface area is 391 Å². The fraction of sp³-hybridized carbons (Fsp3) is 0.231. The molecule has 0 amide bonds. The van der Waals surface area contributed by atoms with E-state index in [-0.39, 0.29) is 32.1 Å². The minimum absolute atomic E-state index is 0.0996. The number of benzene rings is 5. The summed E-state index contributed by atoms with van der Waals surface area (Å²) < 4.78 is 274. The van der Waals surface area contributed by atoms with Gasteiger partial charge in [0.2, 0.25) is 0 Å². The highest BCUT2D eigenvalue weighted by molar-refractivity contribution is 7.99. The molecule has 0 bridgehead atoms. The van der Waals surface area contributed by atoms with Gasteiger partial charge in [0.25, 0.3) is 0 Å². The standard InChI is InChI=1S/C31H25IS2.2C4HF9O3S/c1-24-10-8-9-15-31(24)32-25-16-18-26(19-17-25)33-27-20-22-30(23-21-27)34(28-11-4-2-5-12-28)29-13-6-3-7-14-29;2*5-1(6,3(9,10)11)2(7,8)4(12,13)17(14,15)16/h2-23H,1H3;2*(H,14,15,16)/q+2;;/p-2. The summed E-state index contributed by atoms with van der Waals surface area (Å²) in [5.41, 5.74) is 1.40. The fourth-order valence-corrected chi connectivity index (χ4v) is 10.8. The molecule has 0 heterocycles. The van der Waals surface area contributed by atoms with Gasteiger partial charge in [-0.2, -0.15) is 79.0 Å². The van der Waals surface area contributed by atoms with Crippen molar-refractivity contribution in [2.24, 2.45) is 0 Å². The summed E-state index contributed by atoms with van der Waals surface area (Å²) in [6, 6.07) is 48.7. The molecule has 5 rings (SSSR count). The van der Waals surface area contributed by atoms with E-state index in [0.717, 1.165) is 0 Å². The van der Waals surface area contributed by atoms with Gasteiger partial charge in [-0.3, -0.25) is 0 Å². The van der Waals surface area contributed by atoms with Gasteiger partial charge in [-0.05, 0) is 85.8 Å². The SMILES string of the molecule is Cc1ccccc1[I+]c1ccc(Sc2ccc([S+](c3ccccc3)c3ccccc3)cc2)cc1.O=S(=O)([O-])C(F)(F)C(F)(F)C(F)(F)C(F)(F)F.O=S(=O)([O-])C(F)(F)C(F)(F)C(F)(F)C(F)(F)F. The maximum Gasteiger partial charge on any atom is 0.460 e. The summed E-state index contributed by atoms with van der Waals surface area (Å²) in [5, 5.41) is -14.2. The lowest BCUT2D eigenvalue weighted by Gasteiger charge is -2.34. The third kappa shape index (κ3) is 12.7. The van der Waals surface area contributed by atoms with Gasteiger partial charge in [0.15, 0.2) is 42.1 Å². The first-order chi connectivity index (χ1) is 30.8. The van der Waals surface area contributed by atoms with E-state index in [4.69, 9.17) is 0 Å². The Balaban J connectivity index is 0.000000305. The predicted molar refractivity (Wildman–Crippen MR) is 202 cm³/mol. The molecule has 0 radical (unpaired) electrons. The smallest absolute Gasteiger partial charge is 0.460 e. The van der Waals surface area contributed by atoms with E-state index in [0.29, 0.717) is 0 Å². The number of rotatable bonds is 13. The van der Waals surface area contributed by atoms with Crippen LogP contribution in [0.1, 0.15) is 5.56 Å². The van der Waals surface area contributed by atoms with Crippen LogP contribution in [0.25, 0.3) is 0 Å². The average molecular weight is 1190 g/mol. The van der Waals surface area contributed by atoms with Crippen molar-refractivity contribution in [3.8, 4) is 0 Å². The van der Waals surface area contributed by atoms with Gasteiger partial charge in [0.05, 0.1) is 10.9 Å². The predicted octanol–water partition coefficient (Wildman–Crippen LogP) is 9.28. The fourth-order valence-electron chi connectivity index (χ4n) is 4.68. The van der Waals surface area contributed by atoms with Crippen molar-refractivity contribution in [3.05, 3.63) is 146 Å². The van der Waals surface area contributed by atoms with E-state index in [1.165, 1.54) is 37.2 Å². The highest BCUT2D eigenvalue weighted by Gasteiger charge is 2.85. The lowest BCUT2D eigenvalue weighted by molar-refractivity contribution is -0.598. The van der Waals surface area contributed by atoms with Crippen molar-refractivity contribution in [2.75, 3.05) is 0 Å². The Morgan fingerprint density at radius 1 is 0.426 bits per heavy atom. The molecule has 0 unspecified atom stereocenters. The van der Waals surface area contributed by atoms with E-state index in [1.54, 1.807) is 0 Å². The number of hydrogen-bond acceptors (Lipinski definition) is 7. The lowest BCUT2D eigenvalue weighted by atomic mass is 10.1. The van der Waals surface area contributed by atoms with E-state index < -0.39 is 66.8 Å². The molecule has 6 nitrogen and oxygen atoms in total. The first-order valence-corrected chi connectivity index (χ1v) is 24.5. The molecule has 29 heteroatoms. The van der Waals surface area contributed by atoms with Crippen LogP contribution in [0.15, 0.2) is 158 Å². The Morgan fingerprint density at radius 2 is 0.735 bits per heavy atom. The van der Waals surface area contributed by atoms with Gasteiger partial charge in [0.1, 0.15) is 0 Å². The van der Waals surface area contributed by atoms with Crippen LogP contribution in [0.4, 0.5) is 79.0 Å². The van der Waals surface area contributed by atoms with Crippen LogP contribution in [-0.2, 0) is 31.1 Å². The molecule has 0 aliphatic rings. The zero-order valence-corrected chi connectivity index (χ0v) is 38.4. The molecule has 0 saturated carbocycles. The molecule has 0 aliphatic carbocycles. The Kier molecular flexibility index (Phi) is 18.2. The van der Waals surface area contributed by atoms with Crippen molar-refractivity contribution in [3.63, 3.8) is 0 Å². The van der Waals surface area contributed by atoms with Crippen molar-refractivity contribution < 1.29 is 126 Å². The minimum Gasteiger partial charge on any atom is -0.743 e. The summed E-state index contributed by atoms with van der Waals surface area (Å²) in [4.78, 5) is 6.61. The second-order valence-electron chi connectivity index (χ2n) is 13.0. The molecule has 5 aromatic rings. The zero-order valence-electron chi connectivity index (χ0n) is 33.0. The lowest BCUT2D eigenvalue weighted by Crippen LogP contribution is -3.61. The van der Waals surface area contributed by atoms with Crippen molar-refractivity contribution in [1.82, 2.24) is 0 Å². The topological polar surface area (TPSA) is 114 Å². The molecule has 0 saturated heterocycles. The van der Waals surface area contributed by atoms with Gasteiger partial charge >= 0.3 is 67.8 Å². The molecule has 0 aromatic heterocycles. The van der Waals surface area contributed by atoms with Crippen molar-refractivity contribution in [1.29, 1.82) is 0 Å². The monoisotopic (exact) mass is 1190 g/mol. The maximum absolute atomic E-state index is 12.2. The normalized spacial score (nSPS) is 13.6. The van der Waals surface area contributed by atoms with Crippen LogP contribution in [-0.4, -0.2) is 72.5 Å². The number of halogens is 19. The highest BCUT2D eigenvalue weighted by Crippen LogP contribution is 2.55. The van der Waals surface area contributed by atoms with Crippen molar-refractivity contribution in [2.45, 2.75) is 78.0 Å². The van der Waals surface area contributed by atoms with Crippen LogP contribution in [0.5, 0.6) is 0 Å². The second-order valence-corrected chi connectivity index (χ2v) is 22.0. The summed E-state index contributed by atoms with van der Waals surface area (Å²) in [5.74, 6) is -29.6. The van der Waals surface area contributed by atoms with E-state index in [2.05, 4.69) is 140 Å². The molecule has 0 atom stereocenters. The molecule has 0 spiro atoms. The molecular weight excluding hydrogens is 1160 g/mol. The first kappa shape index (κ1) is 58.4. The van der Waals surface area contributed by atoms with Gasteiger partial charge < -0.3 is 9.11 Å². The maximum atomic E-state index is 12.2. The molecule has 0 aliphatic heterocycles. The molecular formula is C39H25F18IO6S4. The van der Waals surface area contributed by atoms with Crippen LogP contribution >= 0.6 is 11.8 Å². The number of aryl methyl sites for hydroxylation is 1. The van der Waals surface area contributed by atoms with Gasteiger partial charge in [-0.1, -0.05) is 66.4 Å². The van der Waals surface area contributed by atoms with Crippen molar-refractivity contribution >= 4 is 42.9 Å². The molecule has 5 aromatic carbocycles. The largest absolute Gasteiger partial charge is 0.743 e.